The molecule has 1 aliphatic heterocycles. The minimum Gasteiger partial charge on any atom is -0.373 e. The molecular formula is C43H47FN2O4. The fourth-order valence-electron chi connectivity index (χ4n) is 6.91. The number of benzene rings is 4. The molecule has 3 atom stereocenters. The van der Waals surface area contributed by atoms with Gasteiger partial charge >= 0.3 is 0 Å². The smallest absolute Gasteiger partial charge is 0.258 e. The molecule has 1 saturated heterocycles. The zero-order valence-corrected chi connectivity index (χ0v) is 29.4. The molecule has 6 rings (SSSR count). The third-order valence-corrected chi connectivity index (χ3v) is 9.04. The standard InChI is InChI=1S/C43H47FN2O4/c1-29(2)41-40(43(47)45-35-18-12-7-13-19-35)39(32-16-10-6-11-17-32)42(33-20-22-34(44)23-21-33)46(41)25-24-36-26-37(27-38(50-36)49-30(3)4)48-28-31-14-8-5-9-15-31/h5-23,29-30,36-38H,24-28H2,1-4H3,(H,45,47). The molecular weight excluding hydrogens is 627 g/mol. The Morgan fingerprint density at radius 3 is 2.12 bits per heavy atom. The number of amides is 1. The molecule has 0 radical (unpaired) electrons. The third kappa shape index (κ3) is 8.59. The van der Waals surface area contributed by atoms with Crippen molar-refractivity contribution in [1.29, 1.82) is 0 Å². The summed E-state index contributed by atoms with van der Waals surface area (Å²) in [6.07, 6.45) is 1.50. The average molecular weight is 675 g/mol. The summed E-state index contributed by atoms with van der Waals surface area (Å²) in [4.78, 5) is 14.4. The van der Waals surface area contributed by atoms with Crippen molar-refractivity contribution in [3.05, 3.63) is 138 Å². The van der Waals surface area contributed by atoms with Crippen LogP contribution in [0.25, 0.3) is 22.4 Å². The predicted octanol–water partition coefficient (Wildman–Crippen LogP) is 10.2. The second-order valence-corrected chi connectivity index (χ2v) is 13.5. The van der Waals surface area contributed by atoms with Crippen molar-refractivity contribution < 1.29 is 23.4 Å². The van der Waals surface area contributed by atoms with Gasteiger partial charge in [-0.05, 0) is 79.3 Å². The van der Waals surface area contributed by atoms with Crippen LogP contribution in [0.4, 0.5) is 10.1 Å². The van der Waals surface area contributed by atoms with Crippen molar-refractivity contribution in [2.24, 2.45) is 0 Å². The molecule has 1 aromatic heterocycles. The Labute approximate surface area is 295 Å². The molecule has 260 valence electrons. The Hall–Kier alpha value is -4.56. The van der Waals surface area contributed by atoms with Gasteiger partial charge in [-0.3, -0.25) is 4.79 Å². The van der Waals surface area contributed by atoms with E-state index < -0.39 is 0 Å². The maximum Gasteiger partial charge on any atom is 0.258 e. The minimum atomic E-state index is -0.382. The monoisotopic (exact) mass is 674 g/mol. The molecule has 0 saturated carbocycles. The van der Waals surface area contributed by atoms with Crippen LogP contribution in [-0.2, 0) is 27.4 Å². The van der Waals surface area contributed by atoms with E-state index in [0.717, 1.165) is 45.7 Å². The van der Waals surface area contributed by atoms with Crippen LogP contribution in [0, 0.1) is 5.82 Å². The second kappa shape index (κ2) is 16.4. The molecule has 1 N–H and O–H groups in total. The van der Waals surface area contributed by atoms with E-state index in [1.165, 1.54) is 12.1 Å². The number of ether oxygens (including phenoxy) is 3. The van der Waals surface area contributed by atoms with Crippen LogP contribution in [0.2, 0.25) is 0 Å². The van der Waals surface area contributed by atoms with Gasteiger partial charge in [-0.15, -0.1) is 0 Å². The van der Waals surface area contributed by atoms with Gasteiger partial charge in [0.25, 0.3) is 5.91 Å². The lowest BCUT2D eigenvalue weighted by molar-refractivity contribution is -0.236. The van der Waals surface area contributed by atoms with Crippen LogP contribution >= 0.6 is 0 Å². The van der Waals surface area contributed by atoms with Gasteiger partial charge in [0, 0.05) is 36.3 Å². The number of carbonyl (C=O) groups excluding carboxylic acids is 1. The molecule has 0 bridgehead atoms. The van der Waals surface area contributed by atoms with Crippen molar-refractivity contribution in [1.82, 2.24) is 4.57 Å². The van der Waals surface area contributed by atoms with E-state index in [0.29, 0.717) is 31.6 Å². The van der Waals surface area contributed by atoms with Crippen LogP contribution in [0.1, 0.15) is 74.5 Å². The van der Waals surface area contributed by atoms with Gasteiger partial charge in [0.1, 0.15) is 5.82 Å². The number of nitrogens with one attached hydrogen (secondary N) is 1. The summed E-state index contributed by atoms with van der Waals surface area (Å²) in [5.41, 5.74) is 6.83. The minimum absolute atomic E-state index is 0.00515. The van der Waals surface area contributed by atoms with E-state index in [2.05, 4.69) is 35.9 Å². The van der Waals surface area contributed by atoms with E-state index >= 15 is 0 Å². The lowest BCUT2D eigenvalue weighted by atomic mass is 9.94. The third-order valence-electron chi connectivity index (χ3n) is 9.04. The van der Waals surface area contributed by atoms with Crippen LogP contribution in [0.5, 0.6) is 0 Å². The second-order valence-electron chi connectivity index (χ2n) is 13.5. The highest BCUT2D eigenvalue weighted by Gasteiger charge is 2.34. The van der Waals surface area contributed by atoms with Gasteiger partial charge in [0.05, 0.1) is 36.2 Å². The number of hydrogen-bond acceptors (Lipinski definition) is 4. The Morgan fingerprint density at radius 1 is 0.840 bits per heavy atom. The van der Waals surface area contributed by atoms with Gasteiger partial charge in [0.15, 0.2) is 6.29 Å². The van der Waals surface area contributed by atoms with Crippen molar-refractivity contribution in [2.75, 3.05) is 5.32 Å². The summed E-state index contributed by atoms with van der Waals surface area (Å²) in [5, 5.41) is 3.16. The Bertz CT molecular complexity index is 1820. The Balaban J connectivity index is 1.40. The number of para-hydroxylation sites is 1. The average Bonchev–Trinajstić information content (AvgIpc) is 3.47. The first kappa shape index (κ1) is 35.3. The summed E-state index contributed by atoms with van der Waals surface area (Å²) in [6, 6.07) is 36.3. The normalized spacial score (nSPS) is 17.7. The molecule has 0 spiro atoms. The van der Waals surface area contributed by atoms with Crippen LogP contribution in [0.15, 0.2) is 115 Å². The van der Waals surface area contributed by atoms with Crippen molar-refractivity contribution in [2.45, 2.75) is 90.6 Å². The summed E-state index contributed by atoms with van der Waals surface area (Å²) in [5.74, 6) is -0.503. The Morgan fingerprint density at radius 2 is 1.48 bits per heavy atom. The van der Waals surface area contributed by atoms with E-state index in [4.69, 9.17) is 14.2 Å². The number of aromatic nitrogens is 1. The quantitative estimate of drug-likeness (QED) is 0.135. The molecule has 7 heteroatoms. The lowest BCUT2D eigenvalue weighted by Gasteiger charge is -2.36. The highest BCUT2D eigenvalue weighted by molar-refractivity contribution is 6.12. The predicted molar refractivity (Wildman–Crippen MR) is 197 cm³/mol. The molecule has 2 heterocycles. The first-order valence-electron chi connectivity index (χ1n) is 17.7. The zero-order valence-electron chi connectivity index (χ0n) is 29.4. The maximum absolute atomic E-state index is 14.4. The lowest BCUT2D eigenvalue weighted by Crippen LogP contribution is -2.40. The molecule has 50 heavy (non-hydrogen) atoms. The van der Waals surface area contributed by atoms with Crippen molar-refractivity contribution in [3.63, 3.8) is 0 Å². The number of nitrogens with zero attached hydrogens (tertiary/aromatic N) is 1. The molecule has 3 unspecified atom stereocenters. The number of halogens is 1. The topological polar surface area (TPSA) is 61.7 Å². The number of rotatable bonds is 13. The fourth-order valence-corrected chi connectivity index (χ4v) is 6.91. The zero-order chi connectivity index (χ0) is 35.0. The van der Waals surface area contributed by atoms with Crippen molar-refractivity contribution >= 4 is 11.6 Å². The largest absolute Gasteiger partial charge is 0.373 e. The SMILES string of the molecule is CC(C)OC1CC(OCc2ccccc2)CC(CCn2c(-c3ccc(F)cc3)c(-c3ccccc3)c(C(=O)Nc3ccccc3)c2C(C)C)O1. The van der Waals surface area contributed by atoms with Crippen LogP contribution < -0.4 is 5.32 Å². The molecule has 5 aromatic rings. The van der Waals surface area contributed by atoms with Crippen LogP contribution in [0.3, 0.4) is 0 Å². The summed E-state index contributed by atoms with van der Waals surface area (Å²) in [7, 11) is 0. The van der Waals surface area contributed by atoms with Crippen LogP contribution in [-0.4, -0.2) is 35.1 Å². The summed E-state index contributed by atoms with van der Waals surface area (Å²) in [6.45, 7) is 9.37. The molecule has 1 aliphatic rings. The van der Waals surface area contributed by atoms with Crippen molar-refractivity contribution in [3.8, 4) is 22.4 Å². The maximum atomic E-state index is 14.4. The highest BCUT2D eigenvalue weighted by Crippen LogP contribution is 2.43. The molecule has 6 nitrogen and oxygen atoms in total. The van der Waals surface area contributed by atoms with E-state index in [9.17, 15) is 9.18 Å². The number of hydrogen-bond donors (Lipinski definition) is 1. The van der Waals surface area contributed by atoms with E-state index in [1.807, 2.05) is 92.7 Å². The first-order chi connectivity index (χ1) is 24.3. The highest BCUT2D eigenvalue weighted by atomic mass is 19.1. The Kier molecular flexibility index (Phi) is 11.6. The van der Waals surface area contributed by atoms with E-state index in [1.54, 1.807) is 12.1 Å². The molecule has 0 aliphatic carbocycles. The summed E-state index contributed by atoms with van der Waals surface area (Å²) < 4.78 is 35.8. The summed E-state index contributed by atoms with van der Waals surface area (Å²) >= 11 is 0. The molecule has 1 amide bonds. The van der Waals surface area contributed by atoms with Gasteiger partial charge in [0.2, 0.25) is 0 Å². The number of anilines is 1. The van der Waals surface area contributed by atoms with Gasteiger partial charge in [-0.2, -0.15) is 0 Å². The molecule has 1 fully saturated rings. The molecule has 4 aromatic carbocycles. The number of carbonyl (C=O) groups is 1. The first-order valence-corrected chi connectivity index (χ1v) is 17.7. The van der Waals surface area contributed by atoms with Gasteiger partial charge < -0.3 is 24.1 Å². The van der Waals surface area contributed by atoms with Gasteiger partial charge in [-0.1, -0.05) is 92.7 Å². The fraction of sp³-hybridized carbons (Fsp3) is 0.326. The van der Waals surface area contributed by atoms with Gasteiger partial charge in [-0.25, -0.2) is 4.39 Å². The van der Waals surface area contributed by atoms with E-state index in [-0.39, 0.29) is 42.2 Å².